The molecule has 0 saturated carbocycles. The third-order valence-electron chi connectivity index (χ3n) is 2.24. The van der Waals surface area contributed by atoms with Crippen LogP contribution in [0.4, 0.5) is 39.5 Å². The number of alkyl halides is 9. The average Bonchev–Trinajstić information content (AvgIpc) is 2.74. The molecule has 0 amide bonds. The van der Waals surface area contributed by atoms with E-state index in [1.807, 2.05) is 17.8 Å². The predicted molar refractivity (Wildman–Crippen MR) is 53.2 cm³/mol. The Morgan fingerprint density at radius 2 is 1.52 bits per heavy atom. The highest BCUT2D eigenvalue weighted by Crippen LogP contribution is 2.48. The lowest BCUT2D eigenvalue weighted by molar-refractivity contribution is -0.693. The maximum Gasteiger partial charge on any atom is 0.460 e. The van der Waals surface area contributed by atoms with Crippen molar-refractivity contribution in [1.29, 1.82) is 0 Å². The van der Waals surface area contributed by atoms with Crippen LogP contribution in [0.3, 0.4) is 0 Å². The van der Waals surface area contributed by atoms with Crippen LogP contribution in [0.5, 0.6) is 0 Å². The van der Waals surface area contributed by atoms with Crippen LogP contribution in [0.1, 0.15) is 6.92 Å². The second kappa shape index (κ2) is 6.56. The van der Waals surface area contributed by atoms with Gasteiger partial charge in [0.1, 0.15) is 12.4 Å². The Balaban J connectivity index is 0.000000423. The van der Waals surface area contributed by atoms with Gasteiger partial charge < -0.3 is 0 Å². The fourth-order valence-electron chi connectivity index (χ4n) is 1.01. The van der Waals surface area contributed by atoms with Gasteiger partial charge in [0.15, 0.2) is 0 Å². The summed E-state index contributed by atoms with van der Waals surface area (Å²) in [6.07, 6.45) is -5.64. The fourth-order valence-corrected chi connectivity index (χ4v) is 1.01. The molecule has 0 bridgehead atoms. The molecule has 0 aliphatic carbocycles. The summed E-state index contributed by atoms with van der Waals surface area (Å²) in [6, 6.07) is 0. The Bertz CT molecular complexity index is 436. The van der Waals surface area contributed by atoms with Crippen LogP contribution in [0.25, 0.3) is 0 Å². The van der Waals surface area contributed by atoms with Crippen molar-refractivity contribution in [3.63, 3.8) is 0 Å². The predicted octanol–water partition coefficient (Wildman–Crippen LogP) is 3.42. The number of hydrogen-bond acceptors (Lipinski definition) is 0. The van der Waals surface area contributed by atoms with Gasteiger partial charge in [0, 0.05) is 0 Å². The summed E-state index contributed by atoms with van der Waals surface area (Å²) in [6.45, 7) is 3.18. The average molecular weight is 331 g/mol. The van der Waals surface area contributed by atoms with Gasteiger partial charge in [0.25, 0.3) is 0 Å². The highest BCUT2D eigenvalue weighted by Gasteiger charge is 2.76. The van der Waals surface area contributed by atoms with Gasteiger partial charge in [-0.2, -0.15) is 30.7 Å². The third-order valence-corrected chi connectivity index (χ3v) is 2.24. The van der Waals surface area contributed by atoms with Crippen molar-refractivity contribution < 1.29 is 44.1 Å². The fraction of sp³-hybridized carbons (Fsp3) is 0.700. The number of hydrogen-bond donors (Lipinski definition) is 0. The molecule has 1 rings (SSSR count). The van der Waals surface area contributed by atoms with Gasteiger partial charge in [-0.3, -0.25) is 0 Å². The van der Waals surface area contributed by atoms with Crippen LogP contribution in [0.2, 0.25) is 0 Å². The van der Waals surface area contributed by atoms with Crippen LogP contribution in [0, 0.1) is 0 Å². The molecule has 0 N–H and O–H groups in total. The maximum absolute atomic E-state index is 11.6. The van der Waals surface area contributed by atoms with E-state index in [-0.39, 0.29) is 0 Å². The lowest BCUT2D eigenvalue weighted by Gasteiger charge is -2.27. The zero-order valence-electron chi connectivity index (χ0n) is 10.8. The van der Waals surface area contributed by atoms with Crippen LogP contribution < -0.4 is 4.57 Å². The van der Waals surface area contributed by atoms with Gasteiger partial charge in [-0.25, -0.2) is 17.9 Å². The topological polar surface area (TPSA) is 8.81 Å². The van der Waals surface area contributed by atoms with Gasteiger partial charge >= 0.3 is 24.4 Å². The maximum atomic E-state index is 11.6. The minimum atomic E-state index is -6.73. The van der Waals surface area contributed by atoms with E-state index < -0.39 is 24.4 Å². The lowest BCUT2D eigenvalue weighted by atomic mass is 10.2. The van der Waals surface area contributed by atoms with Crippen molar-refractivity contribution in [2.45, 2.75) is 37.9 Å². The number of halogens is 9. The number of imidazole rings is 1. The Kier molecular flexibility index (Phi) is 6.12. The first-order valence-corrected chi connectivity index (χ1v) is 5.38. The number of aromatic nitrogens is 2. The molecule has 124 valence electrons. The van der Waals surface area contributed by atoms with E-state index in [2.05, 4.69) is 24.0 Å². The molecular weight excluding hydrogens is 319 g/mol. The van der Waals surface area contributed by atoms with E-state index in [9.17, 15) is 39.5 Å². The van der Waals surface area contributed by atoms with E-state index in [0.717, 1.165) is 6.54 Å². The third kappa shape index (κ3) is 4.53. The quantitative estimate of drug-likeness (QED) is 0.593. The molecular formula is C10H12F9N2+. The largest absolute Gasteiger partial charge is 0.460 e. The highest BCUT2D eigenvalue weighted by atomic mass is 19.4. The molecule has 0 fully saturated rings. The summed E-state index contributed by atoms with van der Waals surface area (Å²) in [5.74, 6) is -13.1. The van der Waals surface area contributed by atoms with Crippen molar-refractivity contribution in [2.75, 3.05) is 0 Å². The molecule has 11 heteroatoms. The first-order valence-electron chi connectivity index (χ1n) is 5.38. The SMILES string of the molecule is CC[n+]1ccn(C)c1.FC(F)C(F)(F)C(F)(F)C(F)(F)F. The normalized spacial score (nSPS) is 13.1. The summed E-state index contributed by atoms with van der Waals surface area (Å²) < 4.78 is 106. The van der Waals surface area contributed by atoms with Gasteiger partial charge in [-0.1, -0.05) is 0 Å². The van der Waals surface area contributed by atoms with Gasteiger partial charge in [0.05, 0.1) is 13.6 Å². The van der Waals surface area contributed by atoms with E-state index in [1.165, 1.54) is 0 Å². The monoisotopic (exact) mass is 331 g/mol. The van der Waals surface area contributed by atoms with Crippen molar-refractivity contribution in [3.8, 4) is 0 Å². The van der Waals surface area contributed by atoms with Gasteiger partial charge in [-0.05, 0) is 6.92 Å². The van der Waals surface area contributed by atoms with Crippen LogP contribution >= 0.6 is 0 Å². The number of aryl methyl sites for hydroxylation is 2. The summed E-state index contributed by atoms with van der Waals surface area (Å²) >= 11 is 0. The Hall–Kier alpha value is -1.42. The first-order chi connectivity index (χ1) is 9.27. The Labute approximate surface area is 113 Å². The highest BCUT2D eigenvalue weighted by molar-refractivity contribution is 4.92. The second-order valence-corrected chi connectivity index (χ2v) is 3.91. The summed E-state index contributed by atoms with van der Waals surface area (Å²) in [7, 11) is 2.02. The summed E-state index contributed by atoms with van der Waals surface area (Å²) in [4.78, 5) is 0. The molecule has 1 aromatic heterocycles. The standard InChI is InChI=1S/C6H11N2.C4HF9/c1-3-8-5-4-7(2)6-8;5-1(6)2(7,8)3(9,10)4(11,12)13/h4-6H,3H2,1-2H3;1H/q+1;. The molecule has 0 aliphatic rings. The van der Waals surface area contributed by atoms with E-state index in [1.54, 1.807) is 0 Å². The molecule has 21 heavy (non-hydrogen) atoms. The smallest absolute Gasteiger partial charge is 0.240 e. The second-order valence-electron chi connectivity index (χ2n) is 3.91. The van der Waals surface area contributed by atoms with E-state index >= 15 is 0 Å². The first kappa shape index (κ1) is 19.6. The molecule has 0 radical (unpaired) electrons. The molecule has 1 heterocycles. The Morgan fingerprint density at radius 1 is 1.05 bits per heavy atom. The molecule has 1 aromatic rings. The van der Waals surface area contributed by atoms with Crippen LogP contribution in [-0.4, -0.2) is 29.0 Å². The van der Waals surface area contributed by atoms with Crippen molar-refractivity contribution in [2.24, 2.45) is 7.05 Å². The minimum Gasteiger partial charge on any atom is -0.240 e. The zero-order valence-corrected chi connectivity index (χ0v) is 10.8. The molecule has 2 nitrogen and oxygen atoms in total. The van der Waals surface area contributed by atoms with Crippen molar-refractivity contribution in [1.82, 2.24) is 4.57 Å². The summed E-state index contributed by atoms with van der Waals surface area (Å²) in [5, 5.41) is 0. The minimum absolute atomic E-state index is 1.06. The van der Waals surface area contributed by atoms with Gasteiger partial charge in [0.2, 0.25) is 6.33 Å². The number of rotatable bonds is 3. The lowest BCUT2D eigenvalue weighted by Crippen LogP contribution is -2.55. The van der Waals surface area contributed by atoms with Crippen molar-refractivity contribution in [3.05, 3.63) is 18.7 Å². The molecule has 0 unspecified atom stereocenters. The van der Waals surface area contributed by atoms with Crippen LogP contribution in [0.15, 0.2) is 18.7 Å². The number of nitrogens with zero attached hydrogens (tertiary/aromatic N) is 2. The van der Waals surface area contributed by atoms with E-state index in [0.29, 0.717) is 0 Å². The summed E-state index contributed by atoms with van der Waals surface area (Å²) in [5.41, 5.74) is 0. The van der Waals surface area contributed by atoms with Gasteiger partial charge in [-0.15, -0.1) is 0 Å². The molecule has 0 atom stereocenters. The molecule has 0 saturated heterocycles. The van der Waals surface area contributed by atoms with Crippen molar-refractivity contribution >= 4 is 0 Å². The molecule has 0 aliphatic heterocycles. The van der Waals surface area contributed by atoms with Crippen LogP contribution in [-0.2, 0) is 13.6 Å². The molecule has 0 spiro atoms. The Morgan fingerprint density at radius 3 is 1.67 bits per heavy atom. The van der Waals surface area contributed by atoms with E-state index in [4.69, 9.17) is 0 Å². The zero-order chi connectivity index (χ0) is 17.1. The molecule has 0 aromatic carbocycles.